The Morgan fingerprint density at radius 3 is 2.43 bits per heavy atom. The first-order valence-corrected chi connectivity index (χ1v) is 11.0. The van der Waals surface area contributed by atoms with Gasteiger partial charge in [0, 0.05) is 24.5 Å². The van der Waals surface area contributed by atoms with Gasteiger partial charge in [-0.25, -0.2) is 9.37 Å². The quantitative estimate of drug-likeness (QED) is 0.426. The van der Waals surface area contributed by atoms with Crippen molar-refractivity contribution in [1.82, 2.24) is 9.55 Å². The molecular weight excluding hydrogens is 391 g/mol. The molecule has 0 radical (unpaired) electrons. The van der Waals surface area contributed by atoms with Crippen molar-refractivity contribution in [2.24, 2.45) is 13.0 Å². The fourth-order valence-corrected chi connectivity index (χ4v) is 6.26. The minimum atomic E-state index is -0.411. The molecule has 0 amide bonds. The van der Waals surface area contributed by atoms with E-state index in [1.165, 1.54) is 19.3 Å². The molecule has 146 valence electrons. The van der Waals surface area contributed by atoms with Crippen molar-refractivity contribution in [3.63, 3.8) is 0 Å². The highest BCUT2D eigenvalue weighted by molar-refractivity contribution is 8.00. The fraction of sp³-hybridized carbons (Fsp3) is 0.348. The van der Waals surface area contributed by atoms with Gasteiger partial charge in [0.1, 0.15) is 5.82 Å². The van der Waals surface area contributed by atoms with E-state index in [9.17, 15) is 4.39 Å². The fourth-order valence-electron chi connectivity index (χ4n) is 4.37. The molecular formula is C23H24ClFN2S. The number of aryl methyl sites for hydroxylation is 1. The van der Waals surface area contributed by atoms with Crippen LogP contribution in [0.1, 0.15) is 43.2 Å². The summed E-state index contributed by atoms with van der Waals surface area (Å²) in [4.78, 5) is 4.60. The number of aromatic nitrogens is 2. The molecule has 1 unspecified atom stereocenters. The van der Waals surface area contributed by atoms with Gasteiger partial charge in [-0.2, -0.15) is 0 Å². The number of imidazole rings is 1. The number of halogens is 2. The highest BCUT2D eigenvalue weighted by atomic mass is 35.5. The molecule has 1 saturated carbocycles. The Morgan fingerprint density at radius 1 is 1.07 bits per heavy atom. The SMILES string of the molecule is Cn1ccnc1SC(c1ccc(F)cc1)(c1ccccc1Cl)C1CCCCC1. The maximum atomic E-state index is 13.8. The summed E-state index contributed by atoms with van der Waals surface area (Å²) in [6.07, 6.45) is 9.72. The Labute approximate surface area is 175 Å². The molecule has 5 heteroatoms. The molecule has 0 N–H and O–H groups in total. The second-order valence-corrected chi connectivity index (χ2v) is 9.10. The normalized spacial score (nSPS) is 17.4. The van der Waals surface area contributed by atoms with Crippen LogP contribution in [-0.2, 0) is 11.8 Å². The summed E-state index contributed by atoms with van der Waals surface area (Å²) >= 11 is 8.52. The van der Waals surface area contributed by atoms with Crippen LogP contribution in [0.25, 0.3) is 0 Å². The lowest BCUT2D eigenvalue weighted by molar-refractivity contribution is 0.306. The number of rotatable bonds is 5. The van der Waals surface area contributed by atoms with E-state index in [4.69, 9.17) is 11.6 Å². The first-order chi connectivity index (χ1) is 13.6. The Kier molecular flexibility index (Phi) is 5.79. The zero-order valence-electron chi connectivity index (χ0n) is 15.9. The second-order valence-electron chi connectivity index (χ2n) is 7.48. The highest BCUT2D eigenvalue weighted by Crippen LogP contribution is 2.56. The highest BCUT2D eigenvalue weighted by Gasteiger charge is 2.45. The molecule has 1 aromatic heterocycles. The van der Waals surface area contributed by atoms with Crippen LogP contribution in [0.2, 0.25) is 5.02 Å². The van der Waals surface area contributed by atoms with E-state index in [2.05, 4.69) is 11.1 Å². The lowest BCUT2D eigenvalue weighted by Crippen LogP contribution is -2.35. The van der Waals surface area contributed by atoms with Gasteiger partial charge < -0.3 is 4.57 Å². The Morgan fingerprint density at radius 2 is 1.79 bits per heavy atom. The maximum absolute atomic E-state index is 13.8. The van der Waals surface area contributed by atoms with E-state index in [0.29, 0.717) is 5.92 Å². The molecule has 1 aliphatic rings. The van der Waals surface area contributed by atoms with E-state index in [-0.39, 0.29) is 5.82 Å². The summed E-state index contributed by atoms with van der Waals surface area (Å²) in [6, 6.07) is 15.0. The van der Waals surface area contributed by atoms with Crippen molar-refractivity contribution in [2.45, 2.75) is 42.0 Å². The van der Waals surface area contributed by atoms with Gasteiger partial charge in [0.15, 0.2) is 5.16 Å². The molecule has 3 aromatic rings. The minimum absolute atomic E-state index is 0.220. The van der Waals surface area contributed by atoms with Crippen LogP contribution < -0.4 is 0 Å². The summed E-state index contributed by atoms with van der Waals surface area (Å²) in [5.41, 5.74) is 2.17. The zero-order valence-corrected chi connectivity index (χ0v) is 17.5. The number of hydrogen-bond donors (Lipinski definition) is 0. The topological polar surface area (TPSA) is 17.8 Å². The Hall–Kier alpha value is -1.78. The molecule has 1 fully saturated rings. The van der Waals surface area contributed by atoms with Crippen LogP contribution in [-0.4, -0.2) is 9.55 Å². The van der Waals surface area contributed by atoms with Gasteiger partial charge in [-0.05, 0) is 48.1 Å². The summed E-state index contributed by atoms with van der Waals surface area (Å²) in [5.74, 6) is 0.177. The van der Waals surface area contributed by atoms with Crippen LogP contribution in [0.5, 0.6) is 0 Å². The Balaban J connectivity index is 1.96. The van der Waals surface area contributed by atoms with Crippen molar-refractivity contribution in [3.05, 3.63) is 82.9 Å². The third-order valence-corrected chi connectivity index (χ3v) is 7.77. The predicted molar refractivity (Wildman–Crippen MR) is 114 cm³/mol. The number of benzene rings is 2. The van der Waals surface area contributed by atoms with Gasteiger partial charge in [-0.1, -0.05) is 73.0 Å². The average molecular weight is 415 g/mol. The van der Waals surface area contributed by atoms with Gasteiger partial charge in [0.25, 0.3) is 0 Å². The van der Waals surface area contributed by atoms with E-state index in [1.807, 2.05) is 54.3 Å². The van der Waals surface area contributed by atoms with E-state index in [0.717, 1.165) is 34.1 Å². The van der Waals surface area contributed by atoms with Crippen LogP contribution >= 0.6 is 23.4 Å². The van der Waals surface area contributed by atoms with Crippen LogP contribution in [0.3, 0.4) is 0 Å². The average Bonchev–Trinajstić information content (AvgIpc) is 3.12. The van der Waals surface area contributed by atoms with Crippen LogP contribution in [0.15, 0.2) is 66.1 Å². The molecule has 4 rings (SSSR count). The number of nitrogens with zero attached hydrogens (tertiary/aromatic N) is 2. The van der Waals surface area contributed by atoms with E-state index >= 15 is 0 Å². The van der Waals surface area contributed by atoms with Crippen molar-refractivity contribution >= 4 is 23.4 Å². The molecule has 0 spiro atoms. The minimum Gasteiger partial charge on any atom is -0.329 e. The van der Waals surface area contributed by atoms with Crippen molar-refractivity contribution in [2.75, 3.05) is 0 Å². The molecule has 0 bridgehead atoms. The lowest BCUT2D eigenvalue weighted by atomic mass is 9.72. The van der Waals surface area contributed by atoms with Gasteiger partial charge in [0.05, 0.1) is 4.75 Å². The molecule has 1 heterocycles. The van der Waals surface area contributed by atoms with Crippen molar-refractivity contribution in [3.8, 4) is 0 Å². The zero-order chi connectivity index (χ0) is 19.6. The van der Waals surface area contributed by atoms with Crippen molar-refractivity contribution in [1.29, 1.82) is 0 Å². The Bertz CT molecular complexity index is 934. The summed E-state index contributed by atoms with van der Waals surface area (Å²) in [6.45, 7) is 0. The summed E-state index contributed by atoms with van der Waals surface area (Å²) in [7, 11) is 2.01. The van der Waals surface area contributed by atoms with Gasteiger partial charge in [-0.15, -0.1) is 0 Å². The smallest absolute Gasteiger partial charge is 0.168 e. The van der Waals surface area contributed by atoms with Gasteiger partial charge in [-0.3, -0.25) is 0 Å². The second kappa shape index (κ2) is 8.30. The molecule has 0 aliphatic heterocycles. The summed E-state index contributed by atoms with van der Waals surface area (Å²) in [5, 5.41) is 1.69. The van der Waals surface area contributed by atoms with E-state index in [1.54, 1.807) is 23.9 Å². The lowest BCUT2D eigenvalue weighted by Gasteiger charge is -2.43. The molecule has 2 nitrogen and oxygen atoms in total. The van der Waals surface area contributed by atoms with Crippen LogP contribution in [0, 0.1) is 11.7 Å². The van der Waals surface area contributed by atoms with Crippen LogP contribution in [0.4, 0.5) is 4.39 Å². The largest absolute Gasteiger partial charge is 0.329 e. The monoisotopic (exact) mass is 414 g/mol. The van der Waals surface area contributed by atoms with Gasteiger partial charge >= 0.3 is 0 Å². The first kappa shape index (κ1) is 19.5. The third kappa shape index (κ3) is 3.60. The summed E-state index contributed by atoms with van der Waals surface area (Å²) < 4.78 is 15.4. The van der Waals surface area contributed by atoms with Crippen molar-refractivity contribution < 1.29 is 4.39 Å². The number of thioether (sulfide) groups is 1. The molecule has 1 aliphatic carbocycles. The third-order valence-electron chi connectivity index (χ3n) is 5.76. The number of hydrogen-bond acceptors (Lipinski definition) is 2. The van der Waals surface area contributed by atoms with Gasteiger partial charge in [0.2, 0.25) is 0 Å². The maximum Gasteiger partial charge on any atom is 0.168 e. The molecule has 1 atom stereocenters. The predicted octanol–water partition coefficient (Wildman–Crippen LogP) is 6.83. The van der Waals surface area contributed by atoms with E-state index < -0.39 is 4.75 Å². The molecule has 28 heavy (non-hydrogen) atoms. The standard InChI is InChI=1S/C23H24ClFN2S/c1-27-16-15-26-22(27)28-23(17-7-3-2-4-8-17,18-11-13-19(25)14-12-18)20-9-5-6-10-21(20)24/h5-6,9-17H,2-4,7-8H2,1H3. The molecule has 2 aromatic carbocycles. The first-order valence-electron chi connectivity index (χ1n) is 9.78. The molecule has 0 saturated heterocycles.